The van der Waals surface area contributed by atoms with E-state index in [9.17, 15) is 29.8 Å². The molecule has 0 aliphatic heterocycles. The maximum Gasteiger partial charge on any atom is 0.488 e. The van der Waals surface area contributed by atoms with E-state index in [0.29, 0.717) is 23.3 Å². The van der Waals surface area contributed by atoms with Gasteiger partial charge in [-0.25, -0.2) is 5.01 Å². The first-order valence-electron chi connectivity index (χ1n) is 10.7. The van der Waals surface area contributed by atoms with Crippen molar-refractivity contribution in [2.75, 3.05) is 7.11 Å². The third-order valence-corrected chi connectivity index (χ3v) is 5.58. The highest BCUT2D eigenvalue weighted by Gasteiger charge is 2.35. The van der Waals surface area contributed by atoms with Crippen molar-refractivity contribution in [1.82, 2.24) is 10.4 Å². The Morgan fingerprint density at radius 3 is 2.38 bits per heavy atom. The summed E-state index contributed by atoms with van der Waals surface area (Å²) in [6.07, 6.45) is 0.469. The molecule has 2 amide bonds. The van der Waals surface area contributed by atoms with Gasteiger partial charge < -0.3 is 14.8 Å². The first kappa shape index (κ1) is 26.8. The van der Waals surface area contributed by atoms with Crippen LogP contribution in [0.2, 0.25) is 0 Å². The quantitative estimate of drug-likeness (QED) is 0.319. The Balaban J connectivity index is 2.59. The number of amides is 2. The van der Waals surface area contributed by atoms with E-state index in [2.05, 4.69) is 5.43 Å². The Kier molecular flexibility index (Phi) is 8.41. The Morgan fingerprint density at radius 1 is 1.24 bits per heavy atom. The first-order chi connectivity index (χ1) is 15.8. The predicted octanol–water partition coefficient (Wildman–Crippen LogP) is 2.20. The van der Waals surface area contributed by atoms with Gasteiger partial charge in [0.05, 0.1) is 18.1 Å². The molecule has 0 bridgehead atoms. The van der Waals surface area contributed by atoms with Crippen LogP contribution in [0.3, 0.4) is 0 Å². The summed E-state index contributed by atoms with van der Waals surface area (Å²) in [5, 5.41) is 31.6. The number of nitrogens with zero attached hydrogens (tertiary/aromatic N) is 2. The molecule has 0 spiro atoms. The second-order valence-electron chi connectivity index (χ2n) is 8.98. The Labute approximate surface area is 198 Å². The molecule has 0 aliphatic carbocycles. The summed E-state index contributed by atoms with van der Waals surface area (Å²) in [6, 6.07) is 7.65. The fourth-order valence-corrected chi connectivity index (χ4v) is 3.86. The van der Waals surface area contributed by atoms with Crippen LogP contribution in [-0.2, 0) is 0 Å². The lowest BCUT2D eigenvalue weighted by Gasteiger charge is -2.39. The van der Waals surface area contributed by atoms with Crippen LogP contribution in [0.5, 0.6) is 5.75 Å². The van der Waals surface area contributed by atoms with Crippen molar-refractivity contribution >= 4 is 30.1 Å². The number of carbonyl (C=O) groups excluding carboxylic acids is 2. The maximum absolute atomic E-state index is 13.6. The minimum atomic E-state index is -2.02. The van der Waals surface area contributed by atoms with E-state index in [-0.39, 0.29) is 11.0 Å². The number of nitro benzene ring substituents is 1. The van der Waals surface area contributed by atoms with Crippen LogP contribution in [0.25, 0.3) is 0 Å². The third kappa shape index (κ3) is 5.92. The number of non-ortho nitro benzene ring substituents is 1. The molecule has 3 N–H and O–H groups in total. The molecule has 34 heavy (non-hydrogen) atoms. The molecule has 11 heteroatoms. The molecule has 10 nitrogen and oxygen atoms in total. The zero-order chi connectivity index (χ0) is 25.8. The number of nitro groups is 1. The van der Waals surface area contributed by atoms with Gasteiger partial charge in [-0.2, -0.15) is 0 Å². The number of hydrogen-bond donors (Lipinski definition) is 3. The molecule has 2 aromatic rings. The van der Waals surface area contributed by atoms with E-state index in [1.165, 1.54) is 7.11 Å². The number of hydrogen-bond acceptors (Lipinski definition) is 7. The van der Waals surface area contributed by atoms with Crippen molar-refractivity contribution in [3.05, 3.63) is 63.2 Å². The molecule has 0 aliphatic rings. The second kappa shape index (κ2) is 10.7. The molecule has 1 atom stereocenters. The van der Waals surface area contributed by atoms with E-state index in [1.54, 1.807) is 25.1 Å². The fourth-order valence-electron chi connectivity index (χ4n) is 3.86. The monoisotopic (exact) mass is 471 g/mol. The van der Waals surface area contributed by atoms with E-state index >= 15 is 0 Å². The van der Waals surface area contributed by atoms with Crippen LogP contribution in [-0.4, -0.2) is 52.1 Å². The molecule has 0 heterocycles. The van der Waals surface area contributed by atoms with Crippen molar-refractivity contribution in [1.29, 1.82) is 0 Å². The molecule has 182 valence electrons. The molecule has 2 rings (SSSR count). The predicted molar refractivity (Wildman–Crippen MR) is 128 cm³/mol. The summed E-state index contributed by atoms with van der Waals surface area (Å²) < 4.78 is 5.28. The largest absolute Gasteiger partial charge is 0.496 e. The number of carbonyl (C=O) groups is 2. The number of methoxy groups -OCH3 is 1. The molecular formula is C23H30BN3O7. The molecule has 0 saturated carbocycles. The number of benzene rings is 2. The van der Waals surface area contributed by atoms with Crippen molar-refractivity contribution in [3.63, 3.8) is 0 Å². The van der Waals surface area contributed by atoms with Crippen LogP contribution in [0, 0.1) is 22.5 Å². The number of hydrazine groups is 1. The van der Waals surface area contributed by atoms with E-state index < -0.39 is 41.0 Å². The number of rotatable bonds is 7. The van der Waals surface area contributed by atoms with Gasteiger partial charge >= 0.3 is 7.12 Å². The van der Waals surface area contributed by atoms with Gasteiger partial charge in [0.2, 0.25) is 0 Å². The van der Waals surface area contributed by atoms with Crippen LogP contribution < -0.4 is 15.6 Å². The summed E-state index contributed by atoms with van der Waals surface area (Å²) in [7, 11) is -0.527. The van der Waals surface area contributed by atoms with Gasteiger partial charge in [0.25, 0.3) is 17.5 Å². The summed E-state index contributed by atoms with van der Waals surface area (Å²) in [5.74, 6) is -0.768. The molecule has 2 aromatic carbocycles. The lowest BCUT2D eigenvalue weighted by atomic mass is 9.79. The SMILES string of the molecule is CCC(N(NC(=O)c1cccc(OC)c1C)C(=O)c1cc(B(O)O)cc([N+](=O)[O-])c1)C(C)(C)C. The van der Waals surface area contributed by atoms with Crippen molar-refractivity contribution < 1.29 is 29.3 Å². The van der Waals surface area contributed by atoms with E-state index in [4.69, 9.17) is 4.74 Å². The van der Waals surface area contributed by atoms with Crippen LogP contribution in [0.15, 0.2) is 36.4 Å². The molecule has 0 fully saturated rings. The maximum atomic E-state index is 13.6. The van der Waals surface area contributed by atoms with Crippen molar-refractivity contribution in [2.24, 2.45) is 5.41 Å². The average Bonchev–Trinajstić information content (AvgIpc) is 2.77. The van der Waals surface area contributed by atoms with Crippen molar-refractivity contribution in [3.8, 4) is 5.75 Å². The van der Waals surface area contributed by atoms with Gasteiger partial charge in [-0.05, 0) is 42.4 Å². The van der Waals surface area contributed by atoms with E-state index in [1.807, 2.05) is 27.7 Å². The van der Waals surface area contributed by atoms with Crippen LogP contribution in [0.1, 0.15) is 60.4 Å². The number of nitrogens with one attached hydrogen (secondary N) is 1. The van der Waals surface area contributed by atoms with Crippen LogP contribution >= 0.6 is 0 Å². The summed E-state index contributed by atoms with van der Waals surface area (Å²) in [5.41, 5.74) is 2.23. The summed E-state index contributed by atoms with van der Waals surface area (Å²) in [4.78, 5) is 37.5. The summed E-state index contributed by atoms with van der Waals surface area (Å²) in [6.45, 7) is 9.29. The Bertz CT molecular complexity index is 1080. The van der Waals surface area contributed by atoms with Gasteiger partial charge in [0.1, 0.15) is 5.75 Å². The van der Waals surface area contributed by atoms with Crippen LogP contribution in [0.4, 0.5) is 5.69 Å². The minimum absolute atomic E-state index is 0.164. The Morgan fingerprint density at radius 2 is 1.88 bits per heavy atom. The van der Waals surface area contributed by atoms with Crippen molar-refractivity contribution in [2.45, 2.75) is 47.1 Å². The lowest BCUT2D eigenvalue weighted by molar-refractivity contribution is -0.384. The summed E-state index contributed by atoms with van der Waals surface area (Å²) >= 11 is 0. The molecular weight excluding hydrogens is 441 g/mol. The second-order valence-corrected chi connectivity index (χ2v) is 8.98. The molecule has 0 saturated heterocycles. The number of ether oxygens (including phenoxy) is 1. The van der Waals surface area contributed by atoms with Gasteiger partial charge in [-0.3, -0.25) is 25.1 Å². The van der Waals surface area contributed by atoms with Gasteiger partial charge in [0, 0.05) is 28.8 Å². The zero-order valence-corrected chi connectivity index (χ0v) is 20.2. The molecule has 1 unspecified atom stereocenters. The lowest BCUT2D eigenvalue weighted by Crippen LogP contribution is -2.56. The Hall–Kier alpha value is -3.44. The molecule has 0 aromatic heterocycles. The molecule has 0 radical (unpaired) electrons. The fraction of sp³-hybridized carbons (Fsp3) is 0.391. The normalized spacial score (nSPS) is 12.0. The highest BCUT2D eigenvalue weighted by atomic mass is 16.6. The van der Waals surface area contributed by atoms with Gasteiger partial charge in [-0.1, -0.05) is 33.8 Å². The smallest absolute Gasteiger partial charge is 0.488 e. The van der Waals surface area contributed by atoms with E-state index in [0.717, 1.165) is 23.2 Å². The average molecular weight is 471 g/mol. The third-order valence-electron chi connectivity index (χ3n) is 5.58. The minimum Gasteiger partial charge on any atom is -0.496 e. The first-order valence-corrected chi connectivity index (χ1v) is 10.7. The standard InChI is InChI=1S/C23H30BN3O7/c1-7-20(23(3,4)5)26(25-21(28)18-9-8-10-19(34-6)14(18)2)22(29)15-11-16(24(30)31)13-17(12-15)27(32)33/h8-13,20,30-31H,7H2,1-6H3,(H,25,28). The van der Waals surface area contributed by atoms with Gasteiger partial charge in [-0.15, -0.1) is 0 Å². The highest BCUT2D eigenvalue weighted by Crippen LogP contribution is 2.28. The highest BCUT2D eigenvalue weighted by molar-refractivity contribution is 6.58. The van der Waals surface area contributed by atoms with Gasteiger partial charge in [0.15, 0.2) is 0 Å². The topological polar surface area (TPSA) is 142 Å². The zero-order valence-electron chi connectivity index (χ0n) is 20.2.